The Balaban J connectivity index is 1.52. The van der Waals surface area contributed by atoms with Gasteiger partial charge in [-0.2, -0.15) is 5.10 Å². The number of fused-ring (bicyclic) bond motifs is 1. The minimum Gasteiger partial charge on any atom is -0.360 e. The number of H-pyrrole nitrogens is 1. The van der Waals surface area contributed by atoms with Crippen LogP contribution in [0.4, 0.5) is 5.69 Å². The van der Waals surface area contributed by atoms with E-state index in [1.807, 2.05) is 24.4 Å². The molecule has 0 saturated carbocycles. The first kappa shape index (κ1) is 15.8. The Morgan fingerprint density at radius 3 is 3.08 bits per heavy atom. The van der Waals surface area contributed by atoms with Gasteiger partial charge in [0.1, 0.15) is 6.23 Å². The van der Waals surface area contributed by atoms with Gasteiger partial charge in [0.15, 0.2) is 0 Å². The smallest absolute Gasteiger partial charge is 0.134 e. The summed E-state index contributed by atoms with van der Waals surface area (Å²) < 4.78 is 6.16. The predicted octanol–water partition coefficient (Wildman–Crippen LogP) is 3.62. The molecule has 0 radical (unpaired) electrons. The van der Waals surface area contributed by atoms with Crippen LogP contribution in [-0.4, -0.2) is 32.5 Å². The van der Waals surface area contributed by atoms with Crippen LogP contribution in [0.3, 0.4) is 0 Å². The van der Waals surface area contributed by atoms with E-state index < -0.39 is 0 Å². The summed E-state index contributed by atoms with van der Waals surface area (Å²) in [6, 6.07) is 6.17. The number of anilines is 1. The van der Waals surface area contributed by atoms with Crippen molar-refractivity contribution in [3.63, 3.8) is 0 Å². The van der Waals surface area contributed by atoms with Crippen LogP contribution in [0.1, 0.15) is 25.5 Å². The van der Waals surface area contributed by atoms with Gasteiger partial charge in [0.05, 0.1) is 29.7 Å². The van der Waals surface area contributed by atoms with Crippen LogP contribution in [0.25, 0.3) is 17.0 Å². The molecule has 1 aromatic carbocycles. The Kier molecular flexibility index (Phi) is 4.43. The molecule has 0 bridgehead atoms. The molecular formula is C19H21N5O. The fraction of sp³-hybridized carbons (Fsp3) is 0.316. The second kappa shape index (κ2) is 7.03. The van der Waals surface area contributed by atoms with Gasteiger partial charge in [0, 0.05) is 29.4 Å². The van der Waals surface area contributed by atoms with E-state index in [0.29, 0.717) is 0 Å². The zero-order valence-electron chi connectivity index (χ0n) is 14.1. The normalized spacial score (nSPS) is 24.0. The number of aromatic nitrogens is 4. The molecule has 1 aliphatic heterocycles. The molecule has 6 heteroatoms. The third kappa shape index (κ3) is 3.69. The lowest BCUT2D eigenvalue weighted by Crippen LogP contribution is -2.38. The van der Waals surface area contributed by atoms with Gasteiger partial charge in [-0.25, -0.2) is 0 Å². The van der Waals surface area contributed by atoms with Crippen LogP contribution in [0.2, 0.25) is 0 Å². The molecule has 2 N–H and O–H groups in total. The lowest BCUT2D eigenvalue weighted by atomic mass is 9.95. The molecule has 25 heavy (non-hydrogen) atoms. The highest BCUT2D eigenvalue weighted by Gasteiger charge is 2.27. The van der Waals surface area contributed by atoms with Crippen molar-refractivity contribution in [2.75, 3.05) is 5.32 Å². The summed E-state index contributed by atoms with van der Waals surface area (Å²) in [5, 5.41) is 11.7. The van der Waals surface area contributed by atoms with Gasteiger partial charge in [-0.3, -0.25) is 15.1 Å². The van der Waals surface area contributed by atoms with Crippen molar-refractivity contribution in [3.8, 4) is 0 Å². The molecule has 0 spiro atoms. The van der Waals surface area contributed by atoms with Crippen LogP contribution >= 0.6 is 0 Å². The fourth-order valence-electron chi connectivity index (χ4n) is 3.15. The van der Waals surface area contributed by atoms with Gasteiger partial charge in [0.25, 0.3) is 0 Å². The number of nitrogens with one attached hydrogen (secondary N) is 2. The van der Waals surface area contributed by atoms with Crippen molar-refractivity contribution >= 4 is 22.7 Å². The van der Waals surface area contributed by atoms with E-state index in [4.69, 9.17) is 4.74 Å². The molecular weight excluding hydrogens is 314 g/mol. The molecule has 3 heterocycles. The lowest BCUT2D eigenvalue weighted by molar-refractivity contribution is -0.0464. The van der Waals surface area contributed by atoms with E-state index in [2.05, 4.69) is 44.5 Å². The van der Waals surface area contributed by atoms with E-state index in [-0.39, 0.29) is 18.2 Å². The molecule has 128 valence electrons. The zero-order valence-corrected chi connectivity index (χ0v) is 14.1. The number of aromatic amines is 1. The second-order valence-electron chi connectivity index (χ2n) is 6.41. The van der Waals surface area contributed by atoms with Crippen molar-refractivity contribution in [1.82, 2.24) is 20.2 Å². The van der Waals surface area contributed by atoms with Crippen LogP contribution in [0, 0.1) is 5.92 Å². The zero-order chi connectivity index (χ0) is 17.1. The highest BCUT2D eigenvalue weighted by molar-refractivity contribution is 5.81. The largest absolute Gasteiger partial charge is 0.360 e. The molecule has 1 fully saturated rings. The average molecular weight is 335 g/mol. The van der Waals surface area contributed by atoms with E-state index in [0.717, 1.165) is 35.1 Å². The maximum absolute atomic E-state index is 6.16. The van der Waals surface area contributed by atoms with E-state index in [9.17, 15) is 0 Å². The first-order valence-corrected chi connectivity index (χ1v) is 8.57. The Morgan fingerprint density at radius 1 is 1.24 bits per heavy atom. The predicted molar refractivity (Wildman–Crippen MR) is 97.8 cm³/mol. The topological polar surface area (TPSA) is 75.7 Å². The molecule has 3 aromatic rings. The molecule has 1 saturated heterocycles. The number of rotatable bonds is 4. The summed E-state index contributed by atoms with van der Waals surface area (Å²) >= 11 is 0. The quantitative estimate of drug-likeness (QED) is 0.761. The number of hydrogen-bond donors (Lipinski definition) is 2. The molecule has 2 aromatic heterocycles. The van der Waals surface area contributed by atoms with Gasteiger partial charge < -0.3 is 10.1 Å². The summed E-state index contributed by atoms with van der Waals surface area (Å²) in [4.78, 5) is 8.40. The Hall–Kier alpha value is -2.73. The number of benzene rings is 1. The summed E-state index contributed by atoms with van der Waals surface area (Å²) in [6.45, 7) is 2.12. The standard InChI is InChI=1S/C19H21N5O/c1-13-2-3-14(4-5-17-12-20-8-9-21-17)19(25-13)23-16-6-7-18-15(10-16)11-22-24-18/h4-14,19,23H,2-3H2,1H3,(H,22,24). The third-order valence-electron chi connectivity index (χ3n) is 4.52. The van der Waals surface area contributed by atoms with E-state index in [1.54, 1.807) is 18.6 Å². The number of ether oxygens (including phenoxy) is 1. The van der Waals surface area contributed by atoms with Gasteiger partial charge in [-0.05, 0) is 44.0 Å². The molecule has 6 nitrogen and oxygen atoms in total. The monoisotopic (exact) mass is 335 g/mol. The maximum atomic E-state index is 6.16. The van der Waals surface area contributed by atoms with Gasteiger partial charge in [0.2, 0.25) is 0 Å². The van der Waals surface area contributed by atoms with Crippen molar-refractivity contribution in [1.29, 1.82) is 0 Å². The second-order valence-corrected chi connectivity index (χ2v) is 6.41. The van der Waals surface area contributed by atoms with Crippen molar-refractivity contribution in [2.45, 2.75) is 32.1 Å². The average Bonchev–Trinajstić information content (AvgIpc) is 3.10. The summed E-state index contributed by atoms with van der Waals surface area (Å²) in [5.74, 6) is 0.276. The molecule has 0 amide bonds. The summed E-state index contributed by atoms with van der Waals surface area (Å²) in [5.41, 5.74) is 2.92. The molecule has 3 unspecified atom stereocenters. The Bertz CT molecular complexity index is 860. The van der Waals surface area contributed by atoms with Crippen LogP contribution in [0.5, 0.6) is 0 Å². The van der Waals surface area contributed by atoms with Crippen LogP contribution < -0.4 is 5.32 Å². The first-order valence-electron chi connectivity index (χ1n) is 8.57. The van der Waals surface area contributed by atoms with E-state index in [1.165, 1.54) is 0 Å². The summed E-state index contributed by atoms with van der Waals surface area (Å²) in [7, 11) is 0. The van der Waals surface area contributed by atoms with Gasteiger partial charge in [-0.15, -0.1) is 0 Å². The van der Waals surface area contributed by atoms with Crippen molar-refractivity contribution in [2.24, 2.45) is 5.92 Å². The maximum Gasteiger partial charge on any atom is 0.134 e. The third-order valence-corrected chi connectivity index (χ3v) is 4.52. The molecule has 4 rings (SSSR count). The molecule has 1 aliphatic rings. The SMILES string of the molecule is CC1CCC(C=Cc2cnccn2)C(Nc2ccc3[nH]ncc3c2)O1. The Labute approximate surface area is 146 Å². The molecule has 3 atom stereocenters. The van der Waals surface area contributed by atoms with Crippen LogP contribution in [-0.2, 0) is 4.74 Å². The van der Waals surface area contributed by atoms with Gasteiger partial charge in [-0.1, -0.05) is 6.08 Å². The minimum atomic E-state index is -0.0685. The number of hydrogen-bond acceptors (Lipinski definition) is 5. The van der Waals surface area contributed by atoms with Crippen molar-refractivity contribution < 1.29 is 4.74 Å². The fourth-order valence-corrected chi connectivity index (χ4v) is 3.15. The van der Waals surface area contributed by atoms with Gasteiger partial charge >= 0.3 is 0 Å². The van der Waals surface area contributed by atoms with E-state index >= 15 is 0 Å². The first-order chi connectivity index (χ1) is 12.3. The van der Waals surface area contributed by atoms with Crippen LogP contribution in [0.15, 0.2) is 49.1 Å². The lowest BCUT2D eigenvalue weighted by Gasteiger charge is -2.34. The van der Waals surface area contributed by atoms with Crippen molar-refractivity contribution in [3.05, 3.63) is 54.8 Å². The molecule has 0 aliphatic carbocycles. The summed E-state index contributed by atoms with van der Waals surface area (Å²) in [6.07, 6.45) is 13.5. The number of nitrogens with zero attached hydrogens (tertiary/aromatic N) is 3. The minimum absolute atomic E-state index is 0.0685. The Morgan fingerprint density at radius 2 is 2.20 bits per heavy atom. The highest BCUT2D eigenvalue weighted by Crippen LogP contribution is 2.28. The highest BCUT2D eigenvalue weighted by atomic mass is 16.5.